The summed E-state index contributed by atoms with van der Waals surface area (Å²) < 4.78 is 18.2. The predicted octanol–water partition coefficient (Wildman–Crippen LogP) is 0.870. The average molecular weight is 310 g/mol. The van der Waals surface area contributed by atoms with Crippen molar-refractivity contribution in [1.82, 2.24) is 10.2 Å². The van der Waals surface area contributed by atoms with Crippen molar-refractivity contribution in [2.24, 2.45) is 0 Å². The summed E-state index contributed by atoms with van der Waals surface area (Å²) in [6, 6.07) is 5.19. The molecule has 0 unspecified atom stereocenters. The van der Waals surface area contributed by atoms with Crippen LogP contribution in [0.4, 0.5) is 4.39 Å². The van der Waals surface area contributed by atoms with Crippen LogP contribution in [0.25, 0.3) is 0 Å². The third-order valence-electron chi connectivity index (χ3n) is 3.48. The van der Waals surface area contributed by atoms with Crippen LogP contribution in [0, 0.1) is 5.82 Å². The lowest BCUT2D eigenvalue weighted by Gasteiger charge is -2.20. The number of nitrogens with zero attached hydrogens (tertiary/aromatic N) is 1. The van der Waals surface area contributed by atoms with Gasteiger partial charge in [-0.15, -0.1) is 0 Å². The molecule has 1 heterocycles. The van der Waals surface area contributed by atoms with E-state index in [0.29, 0.717) is 18.7 Å². The van der Waals surface area contributed by atoms with E-state index in [2.05, 4.69) is 5.32 Å². The fourth-order valence-corrected chi connectivity index (χ4v) is 2.45. The monoisotopic (exact) mass is 310 g/mol. The molecule has 1 atom stereocenters. The first-order valence-corrected chi connectivity index (χ1v) is 7.18. The van der Waals surface area contributed by atoms with Crippen molar-refractivity contribution in [2.75, 3.05) is 26.2 Å². The predicted molar refractivity (Wildman–Crippen MR) is 77.1 cm³/mol. The first-order valence-electron chi connectivity index (χ1n) is 7.18. The number of carboxylic acid groups (broad SMARTS) is 1. The highest BCUT2D eigenvalue weighted by Crippen LogP contribution is 2.16. The van der Waals surface area contributed by atoms with Gasteiger partial charge in [-0.3, -0.25) is 14.5 Å². The first-order chi connectivity index (χ1) is 10.6. The Kier molecular flexibility index (Phi) is 5.71. The number of likely N-dealkylation sites (tertiary alicyclic amines) is 1. The van der Waals surface area contributed by atoms with Crippen LogP contribution >= 0.6 is 0 Å². The first kappa shape index (κ1) is 16.2. The van der Waals surface area contributed by atoms with E-state index in [1.807, 2.05) is 0 Å². The van der Waals surface area contributed by atoms with Crippen LogP contribution in [0.3, 0.4) is 0 Å². The number of benzene rings is 1. The van der Waals surface area contributed by atoms with Crippen molar-refractivity contribution in [3.8, 4) is 5.75 Å². The quantitative estimate of drug-likeness (QED) is 0.731. The van der Waals surface area contributed by atoms with E-state index in [4.69, 9.17) is 9.84 Å². The van der Waals surface area contributed by atoms with Crippen LogP contribution in [0.15, 0.2) is 24.3 Å². The molecule has 22 heavy (non-hydrogen) atoms. The van der Waals surface area contributed by atoms with Gasteiger partial charge in [-0.05, 0) is 31.5 Å². The molecule has 2 N–H and O–H groups in total. The number of aliphatic carboxylic acids is 1. The van der Waals surface area contributed by atoms with Crippen molar-refractivity contribution >= 4 is 11.9 Å². The summed E-state index contributed by atoms with van der Waals surface area (Å²) in [6.45, 7) is 1.18. The molecule has 0 radical (unpaired) electrons. The zero-order chi connectivity index (χ0) is 15.9. The zero-order valence-corrected chi connectivity index (χ0v) is 12.1. The van der Waals surface area contributed by atoms with Gasteiger partial charge in [0.05, 0.1) is 13.1 Å². The molecule has 1 amide bonds. The average Bonchev–Trinajstić information content (AvgIpc) is 2.92. The van der Waals surface area contributed by atoms with E-state index in [1.54, 1.807) is 17.0 Å². The van der Waals surface area contributed by atoms with Crippen LogP contribution in [0.2, 0.25) is 0 Å². The lowest BCUT2D eigenvalue weighted by atomic mass is 10.2. The number of ether oxygens (including phenoxy) is 1. The molecule has 0 spiro atoms. The van der Waals surface area contributed by atoms with Gasteiger partial charge in [0.25, 0.3) is 0 Å². The molecule has 1 aromatic rings. The normalized spacial score (nSPS) is 18.1. The minimum atomic E-state index is -0.889. The third-order valence-corrected chi connectivity index (χ3v) is 3.48. The highest BCUT2D eigenvalue weighted by molar-refractivity contribution is 5.80. The summed E-state index contributed by atoms with van der Waals surface area (Å²) in [4.78, 5) is 24.4. The Balaban J connectivity index is 1.66. The molecule has 2 rings (SSSR count). The number of hydrogen-bond donors (Lipinski definition) is 2. The fourth-order valence-electron chi connectivity index (χ4n) is 2.45. The number of amides is 1. The van der Waals surface area contributed by atoms with E-state index in [-0.39, 0.29) is 31.4 Å². The van der Waals surface area contributed by atoms with E-state index in [1.165, 1.54) is 12.1 Å². The van der Waals surface area contributed by atoms with Crippen LogP contribution in [-0.2, 0) is 9.59 Å². The number of hydrogen-bond acceptors (Lipinski definition) is 4. The van der Waals surface area contributed by atoms with Crippen LogP contribution in [0.1, 0.15) is 12.8 Å². The Morgan fingerprint density at radius 2 is 2.27 bits per heavy atom. The molecule has 1 aromatic carbocycles. The highest BCUT2D eigenvalue weighted by atomic mass is 19.1. The molecule has 0 bridgehead atoms. The number of nitrogens with one attached hydrogen (secondary N) is 1. The number of carbonyl (C=O) groups is 2. The van der Waals surface area contributed by atoms with Crippen LogP contribution in [-0.4, -0.2) is 54.2 Å². The van der Waals surface area contributed by atoms with Crippen LogP contribution in [0.5, 0.6) is 5.75 Å². The Morgan fingerprint density at radius 1 is 1.45 bits per heavy atom. The minimum absolute atomic E-state index is 0.0664. The van der Waals surface area contributed by atoms with Crippen molar-refractivity contribution < 1.29 is 23.8 Å². The maximum Gasteiger partial charge on any atom is 0.320 e. The standard InChI is InChI=1S/C15H19FN2O4/c16-11-3-1-4-12(9-11)22-8-6-17-14(19)10-18-7-2-5-13(18)15(20)21/h1,3-4,9,13H,2,5-8,10H2,(H,17,19)(H,20,21)/t13-/m1/s1. The van der Waals surface area contributed by atoms with Gasteiger partial charge in [-0.1, -0.05) is 6.07 Å². The third kappa shape index (κ3) is 4.70. The zero-order valence-electron chi connectivity index (χ0n) is 12.1. The largest absolute Gasteiger partial charge is 0.492 e. The van der Waals surface area contributed by atoms with Gasteiger partial charge in [0.1, 0.15) is 24.2 Å². The van der Waals surface area contributed by atoms with Gasteiger partial charge < -0.3 is 15.2 Å². The van der Waals surface area contributed by atoms with Gasteiger partial charge in [0.15, 0.2) is 0 Å². The van der Waals surface area contributed by atoms with Gasteiger partial charge in [0, 0.05) is 6.07 Å². The Morgan fingerprint density at radius 3 is 3.00 bits per heavy atom. The lowest BCUT2D eigenvalue weighted by molar-refractivity contribution is -0.142. The van der Waals surface area contributed by atoms with Gasteiger partial charge in [-0.2, -0.15) is 0 Å². The summed E-state index contributed by atoms with van der Waals surface area (Å²) in [6.07, 6.45) is 1.36. The number of halogens is 1. The van der Waals surface area contributed by atoms with Gasteiger partial charge in [0.2, 0.25) is 5.91 Å². The molecule has 0 aliphatic carbocycles. The Hall–Kier alpha value is -2.15. The molecule has 1 aliphatic rings. The molecule has 7 heteroatoms. The number of carbonyl (C=O) groups excluding carboxylic acids is 1. The summed E-state index contributed by atoms with van der Waals surface area (Å²) >= 11 is 0. The second-order valence-electron chi connectivity index (χ2n) is 5.12. The topological polar surface area (TPSA) is 78.9 Å². The molecule has 120 valence electrons. The van der Waals surface area contributed by atoms with E-state index < -0.39 is 12.0 Å². The van der Waals surface area contributed by atoms with E-state index >= 15 is 0 Å². The maximum absolute atomic E-state index is 12.9. The van der Waals surface area contributed by atoms with Crippen molar-refractivity contribution in [2.45, 2.75) is 18.9 Å². The minimum Gasteiger partial charge on any atom is -0.492 e. The van der Waals surface area contributed by atoms with Gasteiger partial charge >= 0.3 is 5.97 Å². The Bertz CT molecular complexity index is 538. The highest BCUT2D eigenvalue weighted by Gasteiger charge is 2.31. The summed E-state index contributed by atoms with van der Waals surface area (Å²) in [7, 11) is 0. The SMILES string of the molecule is O=C(CN1CCC[C@@H]1C(=O)O)NCCOc1cccc(F)c1. The second-order valence-corrected chi connectivity index (χ2v) is 5.12. The van der Waals surface area contributed by atoms with Crippen LogP contribution < -0.4 is 10.1 Å². The molecule has 0 saturated carbocycles. The maximum atomic E-state index is 12.9. The van der Waals surface area contributed by atoms with E-state index in [0.717, 1.165) is 6.42 Å². The molecule has 0 aromatic heterocycles. The molecule has 1 saturated heterocycles. The summed E-state index contributed by atoms with van der Waals surface area (Å²) in [5.74, 6) is -1.11. The number of carboxylic acids is 1. The molecule has 1 aliphatic heterocycles. The summed E-state index contributed by atoms with van der Waals surface area (Å²) in [5.41, 5.74) is 0. The molecule has 6 nitrogen and oxygen atoms in total. The fraction of sp³-hybridized carbons (Fsp3) is 0.467. The van der Waals surface area contributed by atoms with Gasteiger partial charge in [-0.25, -0.2) is 4.39 Å². The van der Waals surface area contributed by atoms with Crippen molar-refractivity contribution in [3.05, 3.63) is 30.1 Å². The summed E-state index contributed by atoms with van der Waals surface area (Å²) in [5, 5.41) is 11.7. The molecule has 1 fully saturated rings. The second kappa shape index (κ2) is 7.74. The number of rotatable bonds is 7. The lowest BCUT2D eigenvalue weighted by Crippen LogP contribution is -2.43. The van der Waals surface area contributed by atoms with Crippen molar-refractivity contribution in [1.29, 1.82) is 0 Å². The Labute approximate surface area is 127 Å². The smallest absolute Gasteiger partial charge is 0.320 e. The molecular weight excluding hydrogens is 291 g/mol. The van der Waals surface area contributed by atoms with Crippen molar-refractivity contribution in [3.63, 3.8) is 0 Å². The molecular formula is C15H19FN2O4. The van der Waals surface area contributed by atoms with E-state index in [9.17, 15) is 14.0 Å².